The van der Waals surface area contributed by atoms with Gasteiger partial charge in [-0.15, -0.1) is 11.3 Å². The number of likely N-dealkylation sites (tertiary alicyclic amines) is 1. The summed E-state index contributed by atoms with van der Waals surface area (Å²) < 4.78 is 27.6. The molecule has 2 amide bonds. The van der Waals surface area contributed by atoms with Crippen LogP contribution in [0.1, 0.15) is 90.5 Å². The lowest BCUT2D eigenvalue weighted by Gasteiger charge is -2.29. The predicted octanol–water partition coefficient (Wildman–Crippen LogP) is 5.21. The first-order valence-electron chi connectivity index (χ1n) is 14.4. The van der Waals surface area contributed by atoms with Crippen LogP contribution in [-0.2, 0) is 23.0 Å². The Balaban J connectivity index is 1.57. The molecule has 2 aliphatic heterocycles. The molecule has 0 radical (unpaired) electrons. The average molecular weight is 575 g/mol. The van der Waals surface area contributed by atoms with Crippen molar-refractivity contribution >= 4 is 38.2 Å². The third-order valence-electron chi connectivity index (χ3n) is 7.63. The highest BCUT2D eigenvalue weighted by molar-refractivity contribution is 7.89. The third-order valence-corrected chi connectivity index (χ3v) is 10.7. The van der Waals surface area contributed by atoms with Crippen LogP contribution in [0.2, 0.25) is 0 Å². The highest BCUT2D eigenvalue weighted by Gasteiger charge is 2.31. The maximum Gasteiger partial charge on any atom is 0.257 e. The fraction of sp³-hybridized carbons (Fsp3) is 0.586. The molecule has 1 fully saturated rings. The van der Waals surface area contributed by atoms with Gasteiger partial charge in [0.2, 0.25) is 10.0 Å². The minimum atomic E-state index is -3.62. The predicted molar refractivity (Wildman–Crippen MR) is 157 cm³/mol. The largest absolute Gasteiger partial charge is 0.339 e. The maximum atomic E-state index is 13.7. The van der Waals surface area contributed by atoms with Crippen LogP contribution in [0.15, 0.2) is 29.2 Å². The number of fused-ring (bicyclic) bond motifs is 1. The second kappa shape index (κ2) is 13.4. The van der Waals surface area contributed by atoms with E-state index in [-0.39, 0.29) is 16.7 Å². The van der Waals surface area contributed by atoms with E-state index in [4.69, 9.17) is 0 Å². The van der Waals surface area contributed by atoms with Gasteiger partial charge in [-0.1, -0.05) is 27.2 Å². The van der Waals surface area contributed by atoms with Gasteiger partial charge in [-0.3, -0.25) is 14.5 Å². The second-order valence-electron chi connectivity index (χ2n) is 10.4. The van der Waals surface area contributed by atoms with Crippen molar-refractivity contribution in [1.82, 2.24) is 14.1 Å². The van der Waals surface area contributed by atoms with Crippen LogP contribution in [0.4, 0.5) is 5.00 Å². The molecule has 1 aromatic carbocycles. The monoisotopic (exact) mass is 574 g/mol. The van der Waals surface area contributed by atoms with Crippen LogP contribution >= 0.6 is 11.3 Å². The van der Waals surface area contributed by atoms with Gasteiger partial charge in [0, 0.05) is 49.7 Å². The lowest BCUT2D eigenvalue weighted by atomic mass is 10.0. The van der Waals surface area contributed by atoms with Crippen molar-refractivity contribution in [2.24, 2.45) is 0 Å². The van der Waals surface area contributed by atoms with Gasteiger partial charge in [0.05, 0.1) is 10.5 Å². The SMILES string of the molecule is CCCCN(CC)S(=O)(=O)c1ccc(C(=O)Nc2sc3c(c2C(=O)N2CCCCC2)CCN(CCC)C3)cc1. The molecule has 0 unspecified atom stereocenters. The second-order valence-corrected chi connectivity index (χ2v) is 13.5. The summed E-state index contributed by atoms with van der Waals surface area (Å²) in [6.07, 6.45) is 6.74. The number of hydrogen-bond donors (Lipinski definition) is 1. The number of hydrogen-bond acceptors (Lipinski definition) is 6. The number of thiophene rings is 1. The van der Waals surface area contributed by atoms with E-state index in [0.29, 0.717) is 29.2 Å². The summed E-state index contributed by atoms with van der Waals surface area (Å²) in [5.41, 5.74) is 2.09. The fourth-order valence-corrected chi connectivity index (χ4v) is 8.18. The van der Waals surface area contributed by atoms with Crippen molar-refractivity contribution in [2.75, 3.05) is 44.6 Å². The van der Waals surface area contributed by atoms with Gasteiger partial charge in [-0.05, 0) is 74.9 Å². The number of carbonyl (C=O) groups is 2. The number of anilines is 1. The summed E-state index contributed by atoms with van der Waals surface area (Å²) in [5, 5.41) is 3.63. The van der Waals surface area contributed by atoms with Crippen LogP contribution in [-0.4, -0.2) is 73.6 Å². The maximum absolute atomic E-state index is 13.7. The van der Waals surface area contributed by atoms with E-state index in [0.717, 1.165) is 88.1 Å². The Labute approximate surface area is 237 Å². The Morgan fingerprint density at radius 2 is 1.72 bits per heavy atom. The Bertz CT molecular complexity index is 1250. The van der Waals surface area contributed by atoms with Gasteiger partial charge in [-0.2, -0.15) is 4.31 Å². The highest BCUT2D eigenvalue weighted by Crippen LogP contribution is 2.38. The molecule has 214 valence electrons. The number of amides is 2. The van der Waals surface area contributed by atoms with Gasteiger partial charge >= 0.3 is 0 Å². The summed E-state index contributed by atoms with van der Waals surface area (Å²) in [7, 11) is -3.62. The van der Waals surface area contributed by atoms with Crippen molar-refractivity contribution in [2.45, 2.75) is 77.2 Å². The molecule has 1 aromatic heterocycles. The third kappa shape index (κ3) is 6.73. The fourth-order valence-electron chi connectivity index (χ4n) is 5.42. The summed E-state index contributed by atoms with van der Waals surface area (Å²) in [6, 6.07) is 6.11. The standard InChI is InChI=1S/C29H42N4O4S2/c1-4-7-19-33(6-3)39(36,37)23-13-11-22(12-14-23)27(34)30-28-26(29(35)32-17-9-8-10-18-32)24-15-20-31(16-5-2)21-25(24)38-28/h11-14H,4-10,15-21H2,1-3H3,(H,30,34). The van der Waals surface area contributed by atoms with Crippen LogP contribution in [0.5, 0.6) is 0 Å². The lowest BCUT2D eigenvalue weighted by Crippen LogP contribution is -2.37. The van der Waals surface area contributed by atoms with E-state index in [1.54, 1.807) is 12.1 Å². The molecule has 3 heterocycles. The van der Waals surface area contributed by atoms with Crippen molar-refractivity contribution < 1.29 is 18.0 Å². The molecule has 0 saturated carbocycles. The van der Waals surface area contributed by atoms with Gasteiger partial charge in [0.1, 0.15) is 5.00 Å². The van der Waals surface area contributed by atoms with E-state index in [1.807, 2.05) is 18.7 Å². The number of piperidine rings is 1. The molecule has 0 bridgehead atoms. The molecule has 39 heavy (non-hydrogen) atoms. The number of nitrogens with zero attached hydrogens (tertiary/aromatic N) is 3. The molecule has 1 saturated heterocycles. The average Bonchev–Trinajstić information content (AvgIpc) is 3.30. The number of carbonyl (C=O) groups excluding carboxylic acids is 2. The molecular weight excluding hydrogens is 532 g/mol. The molecule has 10 heteroatoms. The van der Waals surface area contributed by atoms with Crippen LogP contribution in [0.3, 0.4) is 0 Å². The van der Waals surface area contributed by atoms with E-state index in [2.05, 4.69) is 17.1 Å². The molecule has 2 aromatic rings. The first-order valence-corrected chi connectivity index (χ1v) is 16.6. The molecule has 2 aliphatic rings. The van der Waals surface area contributed by atoms with E-state index < -0.39 is 10.0 Å². The van der Waals surface area contributed by atoms with Gasteiger partial charge in [0.15, 0.2) is 0 Å². The zero-order valence-corrected chi connectivity index (χ0v) is 25.1. The number of unbranched alkanes of at least 4 members (excludes halogenated alkanes) is 1. The van der Waals surface area contributed by atoms with Crippen LogP contribution in [0.25, 0.3) is 0 Å². The Hall–Kier alpha value is -2.27. The van der Waals surface area contributed by atoms with Gasteiger partial charge in [-0.25, -0.2) is 8.42 Å². The quantitative estimate of drug-likeness (QED) is 0.398. The summed E-state index contributed by atoms with van der Waals surface area (Å²) in [4.78, 5) is 32.7. The normalized spacial score (nSPS) is 16.4. The van der Waals surface area contributed by atoms with Crippen molar-refractivity contribution in [3.63, 3.8) is 0 Å². The van der Waals surface area contributed by atoms with Crippen LogP contribution < -0.4 is 5.32 Å². The zero-order chi connectivity index (χ0) is 28.0. The number of rotatable bonds is 11. The van der Waals surface area contributed by atoms with Crippen molar-refractivity contribution in [3.05, 3.63) is 45.8 Å². The van der Waals surface area contributed by atoms with E-state index in [1.165, 1.54) is 27.8 Å². The number of nitrogens with one attached hydrogen (secondary N) is 1. The topological polar surface area (TPSA) is 90.0 Å². The Kier molecular flexibility index (Phi) is 10.2. The molecule has 1 N–H and O–H groups in total. The molecule has 0 atom stereocenters. The van der Waals surface area contributed by atoms with Crippen molar-refractivity contribution in [3.8, 4) is 0 Å². The molecule has 8 nitrogen and oxygen atoms in total. The molecule has 0 spiro atoms. The highest BCUT2D eigenvalue weighted by atomic mass is 32.2. The summed E-state index contributed by atoms with van der Waals surface area (Å²) in [5.74, 6) is -0.325. The van der Waals surface area contributed by atoms with E-state index >= 15 is 0 Å². The molecular formula is C29H42N4O4S2. The smallest absolute Gasteiger partial charge is 0.257 e. The first kappa shape index (κ1) is 29.7. The van der Waals surface area contributed by atoms with E-state index in [9.17, 15) is 18.0 Å². The molecule has 0 aliphatic carbocycles. The zero-order valence-electron chi connectivity index (χ0n) is 23.5. The van der Waals surface area contributed by atoms with Gasteiger partial charge in [0.25, 0.3) is 11.8 Å². The first-order chi connectivity index (χ1) is 18.8. The van der Waals surface area contributed by atoms with Crippen LogP contribution in [0, 0.1) is 0 Å². The number of benzene rings is 1. The minimum absolute atomic E-state index is 0.0135. The van der Waals surface area contributed by atoms with Crippen molar-refractivity contribution in [1.29, 1.82) is 0 Å². The minimum Gasteiger partial charge on any atom is -0.339 e. The van der Waals surface area contributed by atoms with Gasteiger partial charge < -0.3 is 10.2 Å². The lowest BCUT2D eigenvalue weighted by molar-refractivity contribution is 0.0724. The Morgan fingerprint density at radius 1 is 1.00 bits per heavy atom. The number of sulfonamides is 1. The molecule has 4 rings (SSSR count). The Morgan fingerprint density at radius 3 is 2.36 bits per heavy atom. The summed E-state index contributed by atoms with van der Waals surface area (Å²) in [6.45, 7) is 11.1. The summed E-state index contributed by atoms with van der Waals surface area (Å²) >= 11 is 1.51.